The first kappa shape index (κ1) is 12.9. The van der Waals surface area contributed by atoms with E-state index in [0.717, 1.165) is 17.5 Å². The van der Waals surface area contributed by atoms with Gasteiger partial charge in [0.2, 0.25) is 0 Å². The summed E-state index contributed by atoms with van der Waals surface area (Å²) in [6, 6.07) is 2.13. The number of rotatable bonds is 5. The molecule has 0 saturated heterocycles. The molecule has 2 rings (SSSR count). The fraction of sp³-hybridized carbons (Fsp3) is 0.538. The zero-order valence-corrected chi connectivity index (χ0v) is 11.5. The maximum absolute atomic E-state index is 11.8. The van der Waals surface area contributed by atoms with E-state index in [1.165, 1.54) is 24.2 Å². The van der Waals surface area contributed by atoms with E-state index in [1.54, 1.807) is 6.92 Å². The second-order valence-corrected chi connectivity index (χ2v) is 5.74. The Morgan fingerprint density at radius 3 is 2.78 bits per heavy atom. The maximum Gasteiger partial charge on any atom is 0.174 e. The molecular weight excluding hydrogens is 246 g/mol. The van der Waals surface area contributed by atoms with Crippen LogP contribution in [-0.2, 0) is 0 Å². The standard InChI is InChI=1S/C13H17N3OS/c1-3-10(17)12-11(15)9(6-14)13(18-12)16(2)7-8-4-5-8/h8H,3-5,7,15H2,1-2H3. The van der Waals surface area contributed by atoms with Gasteiger partial charge in [-0.15, -0.1) is 11.3 Å². The molecule has 0 radical (unpaired) electrons. The van der Waals surface area contributed by atoms with Gasteiger partial charge in [0.15, 0.2) is 5.78 Å². The molecule has 0 spiro atoms. The van der Waals surface area contributed by atoms with Crippen LogP contribution in [0.4, 0.5) is 10.7 Å². The van der Waals surface area contributed by atoms with E-state index < -0.39 is 0 Å². The van der Waals surface area contributed by atoms with Crippen LogP contribution in [0.1, 0.15) is 41.4 Å². The first-order valence-electron chi connectivity index (χ1n) is 6.15. The number of carbonyl (C=O) groups is 1. The molecule has 18 heavy (non-hydrogen) atoms. The Kier molecular flexibility index (Phi) is 3.58. The average molecular weight is 263 g/mol. The minimum atomic E-state index is 0.0140. The van der Waals surface area contributed by atoms with E-state index in [4.69, 9.17) is 5.73 Å². The third-order valence-corrected chi connectivity index (χ3v) is 4.55. The van der Waals surface area contributed by atoms with E-state index in [2.05, 4.69) is 11.0 Å². The lowest BCUT2D eigenvalue weighted by atomic mass is 10.2. The number of hydrogen-bond acceptors (Lipinski definition) is 5. The predicted octanol–water partition coefficient (Wildman–Crippen LogP) is 2.64. The van der Waals surface area contributed by atoms with Crippen molar-refractivity contribution < 1.29 is 4.79 Å². The molecular formula is C13H17N3OS. The van der Waals surface area contributed by atoms with Crippen molar-refractivity contribution in [3.8, 4) is 6.07 Å². The van der Waals surface area contributed by atoms with Gasteiger partial charge < -0.3 is 10.6 Å². The lowest BCUT2D eigenvalue weighted by Crippen LogP contribution is -2.19. The molecule has 2 N–H and O–H groups in total. The summed E-state index contributed by atoms with van der Waals surface area (Å²) in [7, 11) is 1.96. The highest BCUT2D eigenvalue weighted by atomic mass is 32.1. The molecule has 4 nitrogen and oxygen atoms in total. The molecule has 0 aromatic carbocycles. The molecule has 1 fully saturated rings. The van der Waals surface area contributed by atoms with Gasteiger partial charge in [0.25, 0.3) is 0 Å². The summed E-state index contributed by atoms with van der Waals surface area (Å²) in [6.07, 6.45) is 2.93. The first-order chi connectivity index (χ1) is 8.58. The fourth-order valence-electron chi connectivity index (χ4n) is 1.95. The van der Waals surface area contributed by atoms with Crippen LogP contribution in [0.25, 0.3) is 0 Å². The Balaban J connectivity index is 2.33. The van der Waals surface area contributed by atoms with Crippen molar-refractivity contribution in [1.82, 2.24) is 0 Å². The Hall–Kier alpha value is -1.54. The number of nitrogen functional groups attached to an aromatic ring is 1. The van der Waals surface area contributed by atoms with Crippen molar-refractivity contribution >= 4 is 27.8 Å². The van der Waals surface area contributed by atoms with E-state index in [0.29, 0.717) is 22.5 Å². The predicted molar refractivity (Wildman–Crippen MR) is 74.1 cm³/mol. The van der Waals surface area contributed by atoms with Crippen LogP contribution in [0.5, 0.6) is 0 Å². The summed E-state index contributed by atoms with van der Waals surface area (Å²) in [4.78, 5) is 14.4. The Labute approximate surface area is 111 Å². The quantitative estimate of drug-likeness (QED) is 0.829. The molecule has 0 amide bonds. The lowest BCUT2D eigenvalue weighted by Gasteiger charge is -2.16. The molecule has 96 valence electrons. The number of nitrogens with two attached hydrogens (primary N) is 1. The first-order valence-corrected chi connectivity index (χ1v) is 6.96. The fourth-order valence-corrected chi connectivity index (χ4v) is 3.10. The highest BCUT2D eigenvalue weighted by Crippen LogP contribution is 2.40. The molecule has 1 aromatic heterocycles. The van der Waals surface area contributed by atoms with Crippen LogP contribution in [-0.4, -0.2) is 19.4 Å². The van der Waals surface area contributed by atoms with Crippen molar-refractivity contribution in [2.75, 3.05) is 24.2 Å². The highest BCUT2D eigenvalue weighted by Gasteiger charge is 2.27. The molecule has 1 aromatic rings. The smallest absolute Gasteiger partial charge is 0.174 e. The van der Waals surface area contributed by atoms with Gasteiger partial charge in [-0.25, -0.2) is 0 Å². The van der Waals surface area contributed by atoms with E-state index in [-0.39, 0.29) is 5.78 Å². The lowest BCUT2D eigenvalue weighted by molar-refractivity contribution is 0.0993. The molecule has 1 heterocycles. The van der Waals surface area contributed by atoms with Gasteiger partial charge in [-0.05, 0) is 18.8 Å². The molecule has 1 aliphatic rings. The van der Waals surface area contributed by atoms with Crippen LogP contribution in [0.2, 0.25) is 0 Å². The van der Waals surface area contributed by atoms with Gasteiger partial charge in [0.1, 0.15) is 16.6 Å². The van der Waals surface area contributed by atoms with E-state index in [9.17, 15) is 10.1 Å². The second-order valence-electron chi connectivity index (χ2n) is 4.74. The molecule has 0 unspecified atom stereocenters. The number of thiophene rings is 1. The van der Waals surface area contributed by atoms with Crippen molar-refractivity contribution in [2.45, 2.75) is 26.2 Å². The Morgan fingerprint density at radius 1 is 1.61 bits per heavy atom. The van der Waals surface area contributed by atoms with Gasteiger partial charge >= 0.3 is 0 Å². The summed E-state index contributed by atoms with van der Waals surface area (Å²) in [5.74, 6) is 0.746. The molecule has 1 aliphatic carbocycles. The third kappa shape index (κ3) is 2.34. The number of anilines is 2. The van der Waals surface area contributed by atoms with Gasteiger partial charge in [-0.2, -0.15) is 5.26 Å². The number of nitrogens with zero attached hydrogens (tertiary/aromatic N) is 2. The zero-order chi connectivity index (χ0) is 13.3. The summed E-state index contributed by atoms with van der Waals surface area (Å²) < 4.78 is 0. The van der Waals surface area contributed by atoms with E-state index in [1.807, 2.05) is 7.05 Å². The molecule has 0 aliphatic heterocycles. The molecule has 0 atom stereocenters. The normalized spacial score (nSPS) is 14.3. The number of carbonyl (C=O) groups excluding carboxylic acids is 1. The van der Waals surface area contributed by atoms with Crippen molar-refractivity contribution in [3.63, 3.8) is 0 Å². The molecule has 1 saturated carbocycles. The average Bonchev–Trinajstić information content (AvgIpc) is 3.10. The van der Waals surface area contributed by atoms with Crippen LogP contribution in [0.3, 0.4) is 0 Å². The summed E-state index contributed by atoms with van der Waals surface area (Å²) in [5.41, 5.74) is 6.73. The zero-order valence-electron chi connectivity index (χ0n) is 10.7. The summed E-state index contributed by atoms with van der Waals surface area (Å²) in [6.45, 7) is 2.75. The van der Waals surface area contributed by atoms with Gasteiger partial charge in [-0.1, -0.05) is 6.92 Å². The number of nitriles is 1. The number of ketones is 1. The van der Waals surface area contributed by atoms with E-state index >= 15 is 0 Å². The summed E-state index contributed by atoms with van der Waals surface area (Å²) in [5, 5.41) is 10.0. The van der Waals surface area contributed by atoms with Crippen LogP contribution in [0, 0.1) is 17.2 Å². The van der Waals surface area contributed by atoms with Gasteiger partial charge in [0, 0.05) is 20.0 Å². The van der Waals surface area contributed by atoms with Gasteiger partial charge in [0.05, 0.1) is 10.6 Å². The number of hydrogen-bond donors (Lipinski definition) is 1. The maximum atomic E-state index is 11.8. The topological polar surface area (TPSA) is 70.1 Å². The Bertz CT molecular complexity index is 511. The summed E-state index contributed by atoms with van der Waals surface area (Å²) >= 11 is 1.35. The molecule has 0 bridgehead atoms. The van der Waals surface area contributed by atoms with Crippen LogP contribution < -0.4 is 10.6 Å². The second kappa shape index (κ2) is 4.99. The third-order valence-electron chi connectivity index (χ3n) is 3.19. The van der Waals surface area contributed by atoms with Gasteiger partial charge in [-0.3, -0.25) is 4.79 Å². The van der Waals surface area contributed by atoms with Crippen molar-refractivity contribution in [2.24, 2.45) is 5.92 Å². The van der Waals surface area contributed by atoms with Crippen LogP contribution in [0.15, 0.2) is 0 Å². The Morgan fingerprint density at radius 2 is 2.28 bits per heavy atom. The number of Topliss-reactive ketones (excluding diaryl/α,β-unsaturated/α-hetero) is 1. The SMILES string of the molecule is CCC(=O)c1sc(N(C)CC2CC2)c(C#N)c1N. The van der Waals surface area contributed by atoms with Crippen molar-refractivity contribution in [3.05, 3.63) is 10.4 Å². The monoisotopic (exact) mass is 263 g/mol. The van der Waals surface area contributed by atoms with Crippen LogP contribution >= 0.6 is 11.3 Å². The minimum Gasteiger partial charge on any atom is -0.396 e. The minimum absolute atomic E-state index is 0.0140. The largest absolute Gasteiger partial charge is 0.396 e. The highest BCUT2D eigenvalue weighted by molar-refractivity contribution is 7.19. The molecule has 5 heteroatoms. The van der Waals surface area contributed by atoms with Crippen molar-refractivity contribution in [1.29, 1.82) is 5.26 Å².